The number of likely N-dealkylation sites (N-methyl/N-ethyl adjacent to an activating group) is 1. The number of amides is 2. The predicted molar refractivity (Wildman–Crippen MR) is 94.0 cm³/mol. The van der Waals surface area contributed by atoms with E-state index in [4.69, 9.17) is 10.5 Å². The van der Waals surface area contributed by atoms with Crippen LogP contribution in [0.5, 0.6) is 5.75 Å². The van der Waals surface area contributed by atoms with E-state index in [0.29, 0.717) is 31.1 Å². The molecule has 6 nitrogen and oxygen atoms in total. The summed E-state index contributed by atoms with van der Waals surface area (Å²) in [6.07, 6.45) is 0. The molecule has 7 heteroatoms. The summed E-state index contributed by atoms with van der Waals surface area (Å²) in [5.74, 6) is 0.0857. The van der Waals surface area contributed by atoms with Gasteiger partial charge in [0, 0.05) is 37.3 Å². The van der Waals surface area contributed by atoms with Crippen molar-refractivity contribution in [3.05, 3.63) is 24.3 Å². The second-order valence-corrected chi connectivity index (χ2v) is 5.01. The first kappa shape index (κ1) is 21.2. The first-order valence-corrected chi connectivity index (χ1v) is 7.53. The number of anilines is 1. The van der Waals surface area contributed by atoms with Crippen molar-refractivity contribution in [2.75, 3.05) is 31.6 Å². The molecule has 1 aromatic rings. The van der Waals surface area contributed by atoms with Gasteiger partial charge in [-0.05, 0) is 26.0 Å². The van der Waals surface area contributed by atoms with E-state index in [-0.39, 0.29) is 36.7 Å². The maximum absolute atomic E-state index is 11.9. The Balaban J connectivity index is 0.00000484. The lowest BCUT2D eigenvalue weighted by atomic mass is 10.1. The van der Waals surface area contributed by atoms with Gasteiger partial charge in [-0.1, -0.05) is 13.0 Å². The molecule has 1 atom stereocenters. The van der Waals surface area contributed by atoms with E-state index in [1.807, 2.05) is 13.8 Å². The number of carbonyl (C=O) groups excluding carboxylic acids is 2. The van der Waals surface area contributed by atoms with Crippen LogP contribution in [0.4, 0.5) is 5.69 Å². The Labute approximate surface area is 143 Å². The molecule has 3 N–H and O–H groups in total. The van der Waals surface area contributed by atoms with Crippen LogP contribution in [0.2, 0.25) is 0 Å². The van der Waals surface area contributed by atoms with Crippen LogP contribution in [0.15, 0.2) is 24.3 Å². The van der Waals surface area contributed by atoms with E-state index < -0.39 is 0 Å². The van der Waals surface area contributed by atoms with Crippen LogP contribution in [0.25, 0.3) is 0 Å². The van der Waals surface area contributed by atoms with Gasteiger partial charge in [0.2, 0.25) is 5.91 Å². The van der Waals surface area contributed by atoms with Crippen LogP contribution in [0.1, 0.15) is 20.8 Å². The molecule has 0 bridgehead atoms. The number of carbonyl (C=O) groups is 2. The van der Waals surface area contributed by atoms with Crippen molar-refractivity contribution in [3.8, 4) is 5.75 Å². The van der Waals surface area contributed by atoms with Gasteiger partial charge in [-0.2, -0.15) is 0 Å². The number of nitrogens with two attached hydrogens (primary N) is 1. The van der Waals surface area contributed by atoms with Gasteiger partial charge in [0.15, 0.2) is 6.61 Å². The average Bonchev–Trinajstić information content (AvgIpc) is 2.53. The maximum Gasteiger partial charge on any atom is 0.260 e. The zero-order chi connectivity index (χ0) is 16.5. The molecule has 1 rings (SSSR count). The maximum atomic E-state index is 11.9. The third kappa shape index (κ3) is 6.88. The Hall–Kier alpha value is -1.79. The molecule has 0 heterocycles. The predicted octanol–water partition coefficient (Wildman–Crippen LogP) is 1.89. The molecular formula is C16H26ClN3O3. The molecule has 0 spiro atoms. The van der Waals surface area contributed by atoms with Crippen molar-refractivity contribution in [1.29, 1.82) is 0 Å². The summed E-state index contributed by atoms with van der Waals surface area (Å²) >= 11 is 0. The average molecular weight is 344 g/mol. The Morgan fingerprint density at radius 2 is 1.96 bits per heavy atom. The van der Waals surface area contributed by atoms with Crippen LogP contribution in [0.3, 0.4) is 0 Å². The minimum Gasteiger partial charge on any atom is -0.484 e. The molecule has 0 fully saturated rings. The fraction of sp³-hybridized carbons (Fsp3) is 0.500. The highest BCUT2D eigenvalue weighted by atomic mass is 35.5. The van der Waals surface area contributed by atoms with Gasteiger partial charge in [0.25, 0.3) is 5.91 Å². The minimum absolute atomic E-state index is 0. The van der Waals surface area contributed by atoms with Gasteiger partial charge in [0.05, 0.1) is 0 Å². The van der Waals surface area contributed by atoms with Crippen molar-refractivity contribution < 1.29 is 14.3 Å². The Kier molecular flexibility index (Phi) is 10.0. The monoisotopic (exact) mass is 343 g/mol. The largest absolute Gasteiger partial charge is 0.484 e. The highest BCUT2D eigenvalue weighted by Crippen LogP contribution is 2.18. The fourth-order valence-electron chi connectivity index (χ4n) is 1.85. The molecule has 0 saturated heterocycles. The van der Waals surface area contributed by atoms with Gasteiger partial charge in [-0.25, -0.2) is 0 Å². The zero-order valence-corrected chi connectivity index (χ0v) is 14.7. The van der Waals surface area contributed by atoms with E-state index >= 15 is 0 Å². The fourth-order valence-corrected chi connectivity index (χ4v) is 1.85. The summed E-state index contributed by atoms with van der Waals surface area (Å²) < 4.78 is 5.49. The molecule has 1 aromatic carbocycles. The molecule has 0 saturated carbocycles. The van der Waals surface area contributed by atoms with Crippen LogP contribution in [0, 0.1) is 5.92 Å². The first-order chi connectivity index (χ1) is 10.5. The molecule has 1 unspecified atom stereocenters. The van der Waals surface area contributed by atoms with Crippen LogP contribution >= 0.6 is 12.4 Å². The number of nitrogens with one attached hydrogen (secondary N) is 1. The molecule has 0 aliphatic carbocycles. The van der Waals surface area contributed by atoms with Gasteiger partial charge >= 0.3 is 0 Å². The van der Waals surface area contributed by atoms with Gasteiger partial charge in [-0.3, -0.25) is 9.59 Å². The SMILES string of the molecule is CCN(CC)C(=O)COc1cccc(NC(=O)C(C)CN)c1.Cl. The third-order valence-electron chi connectivity index (χ3n) is 3.38. The Morgan fingerprint density at radius 3 is 2.52 bits per heavy atom. The molecule has 0 aliphatic rings. The van der Waals surface area contributed by atoms with E-state index in [1.54, 1.807) is 36.1 Å². The van der Waals surface area contributed by atoms with Gasteiger partial charge in [-0.15, -0.1) is 12.4 Å². The third-order valence-corrected chi connectivity index (χ3v) is 3.38. The number of benzene rings is 1. The van der Waals surface area contributed by atoms with Gasteiger partial charge in [0.1, 0.15) is 5.75 Å². The number of ether oxygens (including phenoxy) is 1. The quantitative estimate of drug-likeness (QED) is 0.754. The molecule has 0 aliphatic heterocycles. The van der Waals surface area contributed by atoms with Crippen molar-refractivity contribution in [3.63, 3.8) is 0 Å². The number of hydrogen-bond acceptors (Lipinski definition) is 4. The lowest BCUT2D eigenvalue weighted by Crippen LogP contribution is -2.34. The van der Waals surface area contributed by atoms with E-state index in [9.17, 15) is 9.59 Å². The standard InChI is InChI=1S/C16H25N3O3.ClH/c1-4-19(5-2)15(20)11-22-14-8-6-7-13(9-14)18-16(21)12(3)10-17;/h6-9,12H,4-5,10-11,17H2,1-3H3,(H,18,21);1H. The van der Waals surface area contributed by atoms with Crippen molar-refractivity contribution in [2.24, 2.45) is 11.7 Å². The first-order valence-electron chi connectivity index (χ1n) is 7.53. The second kappa shape index (κ2) is 10.9. The van der Waals surface area contributed by atoms with E-state index in [2.05, 4.69) is 5.32 Å². The Morgan fingerprint density at radius 1 is 1.30 bits per heavy atom. The van der Waals surface area contributed by atoms with Gasteiger partial charge < -0.3 is 20.7 Å². The Bertz CT molecular complexity index is 507. The van der Waals surface area contributed by atoms with Crippen molar-refractivity contribution >= 4 is 29.9 Å². The second-order valence-electron chi connectivity index (χ2n) is 5.01. The smallest absolute Gasteiger partial charge is 0.260 e. The summed E-state index contributed by atoms with van der Waals surface area (Å²) in [6, 6.07) is 6.97. The summed E-state index contributed by atoms with van der Waals surface area (Å²) in [6.45, 7) is 7.21. The number of halogens is 1. The topological polar surface area (TPSA) is 84.7 Å². The van der Waals surface area contributed by atoms with E-state index in [0.717, 1.165) is 0 Å². The normalized spacial score (nSPS) is 11.1. The number of nitrogens with zero attached hydrogens (tertiary/aromatic N) is 1. The molecule has 130 valence electrons. The summed E-state index contributed by atoms with van der Waals surface area (Å²) in [4.78, 5) is 25.4. The van der Waals surface area contributed by atoms with Crippen molar-refractivity contribution in [2.45, 2.75) is 20.8 Å². The molecule has 0 aromatic heterocycles. The minimum atomic E-state index is -0.256. The molecule has 0 radical (unpaired) electrons. The molecular weight excluding hydrogens is 318 g/mol. The lowest BCUT2D eigenvalue weighted by molar-refractivity contribution is -0.133. The lowest BCUT2D eigenvalue weighted by Gasteiger charge is -2.18. The molecule has 2 amide bonds. The summed E-state index contributed by atoms with van der Waals surface area (Å²) in [5, 5.41) is 2.77. The van der Waals surface area contributed by atoms with Crippen LogP contribution in [-0.2, 0) is 9.59 Å². The molecule has 23 heavy (non-hydrogen) atoms. The summed E-state index contributed by atoms with van der Waals surface area (Å²) in [7, 11) is 0. The number of hydrogen-bond donors (Lipinski definition) is 2. The van der Waals surface area contributed by atoms with Crippen molar-refractivity contribution in [1.82, 2.24) is 4.90 Å². The zero-order valence-electron chi connectivity index (χ0n) is 13.9. The number of rotatable bonds is 8. The summed E-state index contributed by atoms with van der Waals surface area (Å²) in [5.41, 5.74) is 6.09. The van der Waals surface area contributed by atoms with Crippen LogP contribution in [-0.4, -0.2) is 43.0 Å². The highest BCUT2D eigenvalue weighted by Gasteiger charge is 2.12. The highest BCUT2D eigenvalue weighted by molar-refractivity contribution is 5.92. The van der Waals surface area contributed by atoms with Crippen LogP contribution < -0.4 is 15.8 Å². The van der Waals surface area contributed by atoms with E-state index in [1.165, 1.54) is 0 Å².